The first-order valence-electron chi connectivity index (χ1n) is 7.19. The van der Waals surface area contributed by atoms with Crippen molar-refractivity contribution in [2.45, 2.75) is 38.5 Å². The molecule has 1 amide bonds. The summed E-state index contributed by atoms with van der Waals surface area (Å²) in [6, 6.07) is 9.24. The molecule has 0 aromatic heterocycles. The molecule has 2 N–H and O–H groups in total. The normalized spacial score (nSPS) is 17.6. The molecule has 22 heavy (non-hydrogen) atoms. The van der Waals surface area contributed by atoms with E-state index in [4.69, 9.17) is 9.52 Å². The summed E-state index contributed by atoms with van der Waals surface area (Å²) in [5.41, 5.74) is 0.835. The van der Waals surface area contributed by atoms with Crippen LogP contribution in [0, 0.1) is 10.7 Å². The van der Waals surface area contributed by atoms with E-state index in [0.29, 0.717) is 6.42 Å². The molecule has 4 atom stereocenters. The Balaban J connectivity index is 2.65. The van der Waals surface area contributed by atoms with Crippen LogP contribution in [0.25, 0.3) is 0 Å². The van der Waals surface area contributed by atoms with Crippen LogP contribution >= 0.6 is 0 Å². The number of amides is 1. The zero-order chi connectivity index (χ0) is 16.8. The summed E-state index contributed by atoms with van der Waals surface area (Å²) in [5.74, 6) is -0.0191. The molecule has 0 fully saturated rings. The lowest BCUT2D eigenvalue weighted by Crippen LogP contribution is -2.39. The van der Waals surface area contributed by atoms with E-state index in [2.05, 4.69) is 11.3 Å². The molecule has 4 unspecified atom stereocenters. The molecule has 122 valence electrons. The van der Waals surface area contributed by atoms with Gasteiger partial charge in [-0.25, -0.2) is 18.5 Å². The van der Waals surface area contributed by atoms with Gasteiger partial charge in [0.1, 0.15) is 16.0 Å². The molecule has 0 saturated heterocycles. The third-order valence-corrected chi connectivity index (χ3v) is 5.63. The lowest BCUT2D eigenvalue weighted by atomic mass is 10.1. The second-order valence-corrected chi connectivity index (χ2v) is 7.52. The second-order valence-electron chi connectivity index (χ2n) is 5.37. The smallest absolute Gasteiger partial charge is 0.420 e. The number of hydrogen-bond donors (Lipinski definition) is 2. The van der Waals surface area contributed by atoms with E-state index in [0.717, 1.165) is 5.56 Å². The van der Waals surface area contributed by atoms with Crippen LogP contribution in [0.1, 0.15) is 38.9 Å². The SMILES string of the molecule is C=CCC(C)C(C)S(=N)(=O)NC(=O)OC(C)c1ccccc1. The first-order valence-corrected chi connectivity index (χ1v) is 8.82. The van der Waals surface area contributed by atoms with E-state index in [1.165, 1.54) is 0 Å². The Hall–Kier alpha value is -1.82. The number of rotatable bonds is 7. The van der Waals surface area contributed by atoms with Crippen molar-refractivity contribution in [3.8, 4) is 0 Å². The number of allylic oxidation sites excluding steroid dienone is 1. The lowest BCUT2D eigenvalue weighted by molar-refractivity contribution is 0.113. The van der Waals surface area contributed by atoms with Crippen molar-refractivity contribution < 1.29 is 13.7 Å². The zero-order valence-corrected chi connectivity index (χ0v) is 14.1. The maximum atomic E-state index is 12.4. The highest BCUT2D eigenvalue weighted by molar-refractivity contribution is 7.91. The summed E-state index contributed by atoms with van der Waals surface area (Å²) in [4.78, 5) is 11.9. The maximum absolute atomic E-state index is 12.4. The molecule has 0 spiro atoms. The predicted molar refractivity (Wildman–Crippen MR) is 88.8 cm³/mol. The van der Waals surface area contributed by atoms with E-state index < -0.39 is 27.4 Å². The highest BCUT2D eigenvalue weighted by Gasteiger charge is 2.25. The fourth-order valence-electron chi connectivity index (χ4n) is 1.98. The number of benzene rings is 1. The largest absolute Gasteiger partial charge is 0.441 e. The molecular formula is C16H24N2O3S. The molecule has 0 aliphatic heterocycles. The molecule has 0 heterocycles. The molecule has 0 radical (unpaired) electrons. The van der Waals surface area contributed by atoms with Crippen LogP contribution in [0.2, 0.25) is 0 Å². The van der Waals surface area contributed by atoms with E-state index in [1.807, 2.05) is 37.3 Å². The summed E-state index contributed by atoms with van der Waals surface area (Å²) < 4.78 is 27.6. The first kappa shape index (κ1) is 18.2. The Bertz CT molecular complexity index is 599. The molecule has 6 heteroatoms. The van der Waals surface area contributed by atoms with Crippen LogP contribution in [-0.2, 0) is 14.7 Å². The van der Waals surface area contributed by atoms with Crippen molar-refractivity contribution >= 4 is 16.0 Å². The average Bonchev–Trinajstić information content (AvgIpc) is 2.46. The van der Waals surface area contributed by atoms with Gasteiger partial charge >= 0.3 is 6.09 Å². The van der Waals surface area contributed by atoms with Gasteiger partial charge in [0.05, 0.1) is 5.25 Å². The van der Waals surface area contributed by atoms with Gasteiger partial charge < -0.3 is 4.74 Å². The van der Waals surface area contributed by atoms with Crippen molar-refractivity contribution in [1.82, 2.24) is 4.72 Å². The van der Waals surface area contributed by atoms with Crippen molar-refractivity contribution in [1.29, 1.82) is 4.78 Å². The van der Waals surface area contributed by atoms with Crippen molar-refractivity contribution in [3.63, 3.8) is 0 Å². The van der Waals surface area contributed by atoms with E-state index in [1.54, 1.807) is 19.9 Å². The Morgan fingerprint density at radius 1 is 1.36 bits per heavy atom. The Morgan fingerprint density at radius 2 is 1.95 bits per heavy atom. The number of carbonyl (C=O) groups is 1. The van der Waals surface area contributed by atoms with E-state index in [-0.39, 0.29) is 5.92 Å². The van der Waals surface area contributed by atoms with Crippen LogP contribution in [0.15, 0.2) is 43.0 Å². The minimum absolute atomic E-state index is 0.0191. The second kappa shape index (κ2) is 7.98. The van der Waals surface area contributed by atoms with Gasteiger partial charge in [-0.1, -0.05) is 43.3 Å². The fraction of sp³-hybridized carbons (Fsp3) is 0.438. The number of nitrogens with one attached hydrogen (secondary N) is 2. The Labute approximate surface area is 132 Å². The lowest BCUT2D eigenvalue weighted by Gasteiger charge is -2.22. The molecule has 1 aromatic rings. The Morgan fingerprint density at radius 3 is 2.50 bits per heavy atom. The summed E-state index contributed by atoms with van der Waals surface area (Å²) in [7, 11) is -3.28. The number of carbonyl (C=O) groups excluding carboxylic acids is 1. The zero-order valence-electron chi connectivity index (χ0n) is 13.2. The molecule has 1 rings (SSSR count). The molecule has 0 aliphatic carbocycles. The van der Waals surface area contributed by atoms with Crippen LogP contribution in [0.3, 0.4) is 0 Å². The summed E-state index contributed by atoms with van der Waals surface area (Å²) in [6.07, 6.45) is 1.03. The van der Waals surface area contributed by atoms with Gasteiger partial charge in [0, 0.05) is 0 Å². The van der Waals surface area contributed by atoms with Gasteiger partial charge in [-0.3, -0.25) is 0 Å². The van der Waals surface area contributed by atoms with Gasteiger partial charge in [-0.2, -0.15) is 0 Å². The number of hydrogen-bond acceptors (Lipinski definition) is 4. The van der Waals surface area contributed by atoms with Gasteiger partial charge in [0.15, 0.2) is 0 Å². The van der Waals surface area contributed by atoms with Gasteiger partial charge in [-0.05, 0) is 31.7 Å². The monoisotopic (exact) mass is 324 g/mol. The summed E-state index contributed by atoms with van der Waals surface area (Å²) >= 11 is 0. The van der Waals surface area contributed by atoms with Crippen LogP contribution in [0.4, 0.5) is 4.79 Å². The van der Waals surface area contributed by atoms with Crippen molar-refractivity contribution in [3.05, 3.63) is 48.6 Å². The molecular weight excluding hydrogens is 300 g/mol. The van der Waals surface area contributed by atoms with Crippen LogP contribution in [0.5, 0.6) is 0 Å². The standard InChI is InChI=1S/C16H24N2O3S/c1-5-9-12(2)14(4)22(17,20)18-16(19)21-13(3)15-10-7-6-8-11-15/h5-8,10-14H,1,9H2,2-4H3,(H2,17,18,19,20). The van der Waals surface area contributed by atoms with Crippen LogP contribution in [-0.4, -0.2) is 15.6 Å². The molecule has 0 saturated carbocycles. The van der Waals surface area contributed by atoms with E-state index >= 15 is 0 Å². The Kier molecular flexibility index (Phi) is 6.61. The van der Waals surface area contributed by atoms with Crippen molar-refractivity contribution in [2.75, 3.05) is 0 Å². The first-order chi connectivity index (χ1) is 10.3. The van der Waals surface area contributed by atoms with E-state index in [9.17, 15) is 9.00 Å². The maximum Gasteiger partial charge on any atom is 0.420 e. The van der Waals surface area contributed by atoms with Crippen LogP contribution < -0.4 is 4.72 Å². The van der Waals surface area contributed by atoms with Gasteiger partial charge in [0.25, 0.3) is 0 Å². The number of ether oxygens (including phenoxy) is 1. The molecule has 5 nitrogen and oxygen atoms in total. The summed E-state index contributed by atoms with van der Waals surface area (Å²) in [5, 5.41) is -0.495. The predicted octanol–water partition coefficient (Wildman–Crippen LogP) is 4.04. The molecule has 0 aliphatic rings. The summed E-state index contributed by atoms with van der Waals surface area (Å²) in [6.45, 7) is 8.92. The molecule has 0 bridgehead atoms. The average molecular weight is 324 g/mol. The van der Waals surface area contributed by atoms with Crippen molar-refractivity contribution in [2.24, 2.45) is 5.92 Å². The fourth-order valence-corrected chi connectivity index (χ4v) is 3.22. The quantitative estimate of drug-likeness (QED) is 0.743. The van der Waals surface area contributed by atoms with Gasteiger partial charge in [-0.15, -0.1) is 6.58 Å². The topological polar surface area (TPSA) is 79.3 Å². The highest BCUT2D eigenvalue weighted by Crippen LogP contribution is 2.18. The molecule has 1 aromatic carbocycles. The van der Waals surface area contributed by atoms with Gasteiger partial charge in [0.2, 0.25) is 0 Å². The third kappa shape index (κ3) is 5.18. The third-order valence-electron chi connectivity index (χ3n) is 3.65. The minimum atomic E-state index is -3.28. The highest BCUT2D eigenvalue weighted by atomic mass is 32.2. The minimum Gasteiger partial charge on any atom is -0.441 e.